The minimum atomic E-state index is -2.91. The van der Waals surface area contributed by atoms with Gasteiger partial charge in [0, 0.05) is 32.9 Å². The fraction of sp³-hybridized carbons (Fsp3) is 0.793. The topological polar surface area (TPSA) is 197 Å². The lowest BCUT2D eigenvalue weighted by Gasteiger charge is -2.36. The Morgan fingerprint density at radius 1 is 1.02 bits per heavy atom. The van der Waals surface area contributed by atoms with Gasteiger partial charge < -0.3 is 36.4 Å². The van der Waals surface area contributed by atoms with Gasteiger partial charge in [0.1, 0.15) is 25.2 Å². The lowest BCUT2D eigenvalue weighted by molar-refractivity contribution is -0.150. The Morgan fingerprint density at radius 3 is 2.18 bits per heavy atom. The normalized spacial score (nSPS) is 30.0. The van der Waals surface area contributed by atoms with E-state index in [0.717, 1.165) is 0 Å². The highest BCUT2D eigenvalue weighted by Crippen LogP contribution is 2.37. The van der Waals surface area contributed by atoms with E-state index in [1.54, 1.807) is 0 Å². The first-order chi connectivity index (χ1) is 20.5. The number of carbonyl (C=O) groups excluding carboxylic acids is 6. The summed E-state index contributed by atoms with van der Waals surface area (Å²) in [5, 5.41) is 17.7. The number of halogens is 2. The van der Waals surface area contributed by atoms with Gasteiger partial charge in [0.05, 0.1) is 24.0 Å². The summed E-state index contributed by atoms with van der Waals surface area (Å²) < 4.78 is 33.2. The third-order valence-electron chi connectivity index (χ3n) is 8.23. The van der Waals surface area contributed by atoms with Crippen LogP contribution in [0.5, 0.6) is 0 Å². The Bertz CT molecular complexity index is 1060. The zero-order valence-corrected chi connectivity index (χ0v) is 26.1. The zero-order chi connectivity index (χ0) is 33.4. The number of nitrogens with two attached hydrogens (primary N) is 1. The molecule has 0 unspecified atom stereocenters. The predicted octanol–water partition coefficient (Wildman–Crippen LogP) is -0.121. The lowest BCUT2D eigenvalue weighted by Crippen LogP contribution is -2.60. The predicted molar refractivity (Wildman–Crippen MR) is 154 cm³/mol. The number of hydrogen-bond donors (Lipinski definition) is 5. The van der Waals surface area contributed by atoms with Crippen molar-refractivity contribution in [1.82, 2.24) is 20.9 Å². The molecule has 2 fully saturated rings. The van der Waals surface area contributed by atoms with E-state index in [9.17, 15) is 42.7 Å². The van der Waals surface area contributed by atoms with Gasteiger partial charge in [-0.2, -0.15) is 0 Å². The van der Waals surface area contributed by atoms with Crippen molar-refractivity contribution in [3.8, 4) is 0 Å². The third kappa shape index (κ3) is 10.5. The Kier molecular flexibility index (Phi) is 13.6. The van der Waals surface area contributed by atoms with E-state index in [-0.39, 0.29) is 38.3 Å². The summed E-state index contributed by atoms with van der Waals surface area (Å²) in [4.78, 5) is 80.0. The number of amides is 4. The van der Waals surface area contributed by atoms with Crippen molar-refractivity contribution in [3.05, 3.63) is 0 Å². The van der Waals surface area contributed by atoms with Crippen LogP contribution in [0.2, 0.25) is 0 Å². The maximum Gasteiger partial charge on any atom is 0.325 e. The number of cyclic esters (lactones) is 1. The number of esters is 1. The molecule has 15 heteroatoms. The highest BCUT2D eigenvalue weighted by atomic mass is 19.3. The van der Waals surface area contributed by atoms with Gasteiger partial charge in [-0.15, -0.1) is 0 Å². The van der Waals surface area contributed by atoms with Gasteiger partial charge in [-0.1, -0.05) is 20.8 Å². The average Bonchev–Trinajstić information content (AvgIpc) is 2.95. The molecule has 44 heavy (non-hydrogen) atoms. The summed E-state index contributed by atoms with van der Waals surface area (Å²) in [6.07, 6.45) is -2.81. The maximum absolute atomic E-state index is 14.0. The van der Waals surface area contributed by atoms with Gasteiger partial charge >= 0.3 is 5.97 Å². The summed E-state index contributed by atoms with van der Waals surface area (Å²) in [5.41, 5.74) is 5.79. The van der Waals surface area contributed by atoms with Crippen molar-refractivity contribution in [2.75, 3.05) is 26.7 Å². The first kappa shape index (κ1) is 37.0. The van der Waals surface area contributed by atoms with Gasteiger partial charge in [0.25, 0.3) is 0 Å². The van der Waals surface area contributed by atoms with E-state index in [2.05, 4.69) is 16.0 Å². The molecule has 6 N–H and O–H groups in total. The molecule has 1 aliphatic carbocycles. The van der Waals surface area contributed by atoms with E-state index < -0.39 is 109 Å². The number of ether oxygens (including phenoxy) is 1. The van der Waals surface area contributed by atoms with E-state index in [4.69, 9.17) is 10.5 Å². The minimum absolute atomic E-state index is 0.0684. The first-order valence-electron chi connectivity index (χ1n) is 15.1. The molecule has 0 radical (unpaired) electrons. The number of alkyl halides is 2. The molecular weight excluding hydrogens is 584 g/mol. The molecule has 1 aliphatic heterocycles. The van der Waals surface area contributed by atoms with Crippen molar-refractivity contribution in [2.24, 2.45) is 29.4 Å². The maximum atomic E-state index is 14.0. The van der Waals surface area contributed by atoms with Crippen LogP contribution < -0.4 is 21.7 Å². The van der Waals surface area contributed by atoms with Gasteiger partial charge in [0.2, 0.25) is 29.6 Å². The number of hydrogen-bond acceptors (Lipinski definition) is 9. The van der Waals surface area contributed by atoms with Crippen molar-refractivity contribution >= 4 is 35.4 Å². The summed E-state index contributed by atoms with van der Waals surface area (Å²) in [6, 6.07) is -3.71. The number of carbonyl (C=O) groups is 6. The number of aliphatic hydroxyl groups is 1. The Labute approximate surface area is 256 Å². The van der Waals surface area contributed by atoms with Gasteiger partial charge in [-0.3, -0.25) is 28.8 Å². The van der Waals surface area contributed by atoms with Crippen LogP contribution in [0.25, 0.3) is 0 Å². The smallest absolute Gasteiger partial charge is 0.325 e. The molecule has 1 saturated carbocycles. The number of aliphatic hydroxyl groups excluding tert-OH is 1. The molecular formula is C29H47F2N5O8. The standard InChI is InChI=1S/C29H47F2N5O8/c1-15(2)10-21-26(41)35-24(18-6-8-29(30,31)9-7-18)27(42)34-20(12-32)22(38)11-19(17(4)37)25(40)33-13-23(39)44-14-16(3)28(43)36(21)5/h15-21,24,37H,6-14,32H2,1-5H3,(H,33,40)(H,34,42)(H,35,41)/t16-,17+,19+,20+,21+,24+/m1/s1. The second kappa shape index (κ2) is 16.2. The van der Waals surface area contributed by atoms with E-state index >= 15 is 0 Å². The zero-order valence-electron chi connectivity index (χ0n) is 26.1. The number of ketones is 1. The molecule has 0 spiro atoms. The Morgan fingerprint density at radius 2 is 1.64 bits per heavy atom. The molecule has 0 bridgehead atoms. The fourth-order valence-corrected chi connectivity index (χ4v) is 5.44. The van der Waals surface area contributed by atoms with Gasteiger partial charge in [0.15, 0.2) is 5.78 Å². The molecule has 2 aliphatic rings. The van der Waals surface area contributed by atoms with Gasteiger partial charge in [-0.25, -0.2) is 8.78 Å². The molecule has 0 aromatic rings. The van der Waals surface area contributed by atoms with Crippen molar-refractivity contribution < 1.29 is 47.4 Å². The molecule has 6 atom stereocenters. The first-order valence-corrected chi connectivity index (χ1v) is 15.1. The Hall–Kier alpha value is -3.20. The Balaban J connectivity index is 2.50. The second-order valence-electron chi connectivity index (χ2n) is 12.4. The van der Waals surface area contributed by atoms with Crippen LogP contribution in [-0.2, 0) is 33.5 Å². The van der Waals surface area contributed by atoms with Crippen LogP contribution in [0.1, 0.15) is 66.2 Å². The van der Waals surface area contributed by atoms with E-state index in [1.807, 2.05) is 13.8 Å². The van der Waals surface area contributed by atoms with Gasteiger partial charge in [-0.05, 0) is 38.0 Å². The summed E-state index contributed by atoms with van der Waals surface area (Å²) in [7, 11) is 1.41. The number of nitrogens with one attached hydrogen (secondary N) is 3. The van der Waals surface area contributed by atoms with Crippen molar-refractivity contribution in [1.29, 1.82) is 0 Å². The number of nitrogens with zero attached hydrogens (tertiary/aromatic N) is 1. The fourth-order valence-electron chi connectivity index (χ4n) is 5.44. The average molecular weight is 632 g/mol. The van der Waals surface area contributed by atoms with E-state index in [1.165, 1.54) is 25.8 Å². The highest BCUT2D eigenvalue weighted by Gasteiger charge is 2.42. The highest BCUT2D eigenvalue weighted by molar-refractivity contribution is 5.96. The number of rotatable bonds is 5. The minimum Gasteiger partial charge on any atom is -0.464 e. The lowest BCUT2D eigenvalue weighted by atomic mass is 9.81. The van der Waals surface area contributed by atoms with Crippen LogP contribution in [0.4, 0.5) is 8.78 Å². The van der Waals surface area contributed by atoms with Crippen LogP contribution in [0, 0.1) is 23.7 Å². The summed E-state index contributed by atoms with van der Waals surface area (Å²) >= 11 is 0. The monoisotopic (exact) mass is 631 g/mol. The molecule has 0 aromatic heterocycles. The largest absolute Gasteiger partial charge is 0.464 e. The third-order valence-corrected chi connectivity index (χ3v) is 8.23. The van der Waals surface area contributed by atoms with Crippen LogP contribution in [0.15, 0.2) is 0 Å². The second-order valence-corrected chi connectivity index (χ2v) is 12.4. The van der Waals surface area contributed by atoms with E-state index in [0.29, 0.717) is 0 Å². The summed E-state index contributed by atoms with van der Waals surface area (Å²) in [6.45, 7) is 5.12. The number of likely N-dealkylation sites (N-methyl/N-ethyl adjacent to an activating group) is 1. The molecule has 1 saturated heterocycles. The van der Waals surface area contributed by atoms with Crippen molar-refractivity contribution in [2.45, 2.75) is 96.4 Å². The SMILES string of the molecule is CC(C)C[C@H]1C(=O)N[C@@H](C2CCC(F)(F)CC2)C(=O)N[C@@H](CN)C(=O)C[C@@H]([C@H](C)O)C(=O)NCC(=O)OC[C@@H](C)C(=O)N1C. The number of Topliss-reactive ketones (excluding diaryl/α,β-unsaturated/α-hetero) is 1. The molecule has 2 rings (SSSR count). The molecule has 1 heterocycles. The molecule has 0 aromatic carbocycles. The van der Waals surface area contributed by atoms with Crippen LogP contribution in [0.3, 0.4) is 0 Å². The molecule has 13 nitrogen and oxygen atoms in total. The quantitative estimate of drug-likeness (QED) is 0.257. The van der Waals surface area contributed by atoms with Crippen LogP contribution >= 0.6 is 0 Å². The van der Waals surface area contributed by atoms with Crippen LogP contribution in [-0.4, -0.2) is 102 Å². The molecule has 4 amide bonds. The van der Waals surface area contributed by atoms with Crippen molar-refractivity contribution in [3.63, 3.8) is 0 Å². The molecule has 250 valence electrons. The summed E-state index contributed by atoms with van der Waals surface area (Å²) in [5.74, 6) is -10.3.